The van der Waals surface area contributed by atoms with Crippen LogP contribution in [0.4, 0.5) is 0 Å². The molecule has 4 fully saturated rings. The molecule has 4 aliphatic carbocycles. The van der Waals surface area contributed by atoms with Crippen molar-refractivity contribution in [2.45, 2.75) is 44.9 Å². The highest BCUT2D eigenvalue weighted by molar-refractivity contribution is 6.31. The monoisotopic (exact) mass is 371 g/mol. The predicted octanol–water partition coefficient (Wildman–Crippen LogP) is 3.73. The Balaban J connectivity index is 1.37. The number of benzene rings is 1. The zero-order valence-electron chi connectivity index (χ0n) is 14.6. The van der Waals surface area contributed by atoms with E-state index in [-0.39, 0.29) is 16.9 Å². The average molecular weight is 372 g/mol. The molecule has 1 heterocycles. The number of aromatic nitrogens is 2. The first-order valence-electron chi connectivity index (χ1n) is 9.46. The number of carbonyl (C=O) groups is 1. The van der Waals surface area contributed by atoms with Crippen LogP contribution in [-0.2, 0) is 4.79 Å². The van der Waals surface area contributed by atoms with Crippen molar-refractivity contribution in [2.24, 2.45) is 23.2 Å². The van der Waals surface area contributed by atoms with E-state index in [1.54, 1.807) is 18.2 Å². The van der Waals surface area contributed by atoms with Crippen LogP contribution in [0, 0.1) is 23.2 Å². The quantitative estimate of drug-likeness (QED) is 0.894. The van der Waals surface area contributed by atoms with Crippen LogP contribution in [0.15, 0.2) is 29.3 Å². The third kappa shape index (κ3) is 2.73. The molecule has 0 aliphatic heterocycles. The summed E-state index contributed by atoms with van der Waals surface area (Å²) in [6.07, 6.45) is 9.49. The fourth-order valence-electron chi connectivity index (χ4n) is 6.19. The second-order valence-electron chi connectivity index (χ2n) is 8.71. The van der Waals surface area contributed by atoms with Gasteiger partial charge in [-0.05, 0) is 79.9 Å². The Kier molecular flexibility index (Phi) is 3.64. The number of carbonyl (C=O) groups excluding carboxylic acids is 1. The maximum absolute atomic E-state index is 12.7. The van der Waals surface area contributed by atoms with Crippen LogP contribution in [0.2, 0.25) is 5.02 Å². The van der Waals surface area contributed by atoms with Gasteiger partial charge in [-0.15, -0.1) is 0 Å². The molecule has 5 nitrogen and oxygen atoms in total. The molecular formula is C20H22ClN3O2. The molecule has 0 spiro atoms. The first-order valence-corrected chi connectivity index (χ1v) is 9.84. The van der Waals surface area contributed by atoms with Gasteiger partial charge in [0.1, 0.15) is 6.33 Å². The van der Waals surface area contributed by atoms with Gasteiger partial charge < -0.3 is 0 Å². The van der Waals surface area contributed by atoms with E-state index in [4.69, 9.17) is 11.6 Å². The highest BCUT2D eigenvalue weighted by Gasteiger charge is 2.51. The Bertz CT molecular complexity index is 916. The molecule has 1 N–H and O–H groups in total. The Morgan fingerprint density at radius 2 is 1.85 bits per heavy atom. The summed E-state index contributed by atoms with van der Waals surface area (Å²) < 4.78 is 1.20. The summed E-state index contributed by atoms with van der Waals surface area (Å²) in [5, 5.41) is 0.893. The molecule has 0 unspecified atom stereocenters. The Hall–Kier alpha value is -1.88. The van der Waals surface area contributed by atoms with Gasteiger partial charge >= 0.3 is 0 Å². The number of amides is 1. The molecule has 1 aromatic heterocycles. The van der Waals surface area contributed by atoms with E-state index in [1.807, 2.05) is 0 Å². The van der Waals surface area contributed by atoms with Crippen molar-refractivity contribution in [2.75, 3.05) is 5.43 Å². The molecule has 1 amide bonds. The van der Waals surface area contributed by atoms with Crippen molar-refractivity contribution < 1.29 is 4.79 Å². The molecule has 0 atom stereocenters. The molecule has 136 valence electrons. The van der Waals surface area contributed by atoms with Gasteiger partial charge in [0.15, 0.2) is 0 Å². The Labute approximate surface area is 156 Å². The zero-order chi connectivity index (χ0) is 17.9. The maximum atomic E-state index is 12.7. The molecule has 0 saturated heterocycles. The lowest BCUT2D eigenvalue weighted by molar-refractivity contribution is -0.125. The minimum atomic E-state index is -0.295. The van der Waals surface area contributed by atoms with Crippen LogP contribution < -0.4 is 11.0 Å². The van der Waals surface area contributed by atoms with Crippen molar-refractivity contribution >= 4 is 28.4 Å². The molecule has 4 saturated carbocycles. The van der Waals surface area contributed by atoms with Crippen LogP contribution in [-0.4, -0.2) is 15.6 Å². The van der Waals surface area contributed by atoms with Gasteiger partial charge in [0.05, 0.1) is 10.9 Å². The molecule has 1 aromatic carbocycles. The summed E-state index contributed by atoms with van der Waals surface area (Å²) in [6.45, 7) is 0. The third-order valence-corrected chi connectivity index (χ3v) is 6.90. The summed E-state index contributed by atoms with van der Waals surface area (Å²) in [7, 11) is 0. The van der Waals surface area contributed by atoms with Crippen LogP contribution in [0.1, 0.15) is 44.9 Å². The normalized spacial score (nSPS) is 32.1. The standard InChI is InChI=1S/C20H22ClN3O2/c21-15-1-2-17-16(6-15)19(26)24(11-22-17)23-18(25)10-20-7-12-3-13(8-20)5-14(4-12)9-20/h1-2,6,11-14H,3-5,7-10H2,(H,23,25). The average Bonchev–Trinajstić information content (AvgIpc) is 2.56. The summed E-state index contributed by atoms with van der Waals surface area (Å²) in [4.78, 5) is 29.6. The van der Waals surface area contributed by atoms with Crippen molar-refractivity contribution in [1.29, 1.82) is 0 Å². The molecule has 26 heavy (non-hydrogen) atoms. The number of nitrogens with one attached hydrogen (secondary N) is 1. The minimum Gasteiger partial charge on any atom is -0.273 e. The smallest absolute Gasteiger partial charge is 0.273 e. The van der Waals surface area contributed by atoms with Gasteiger partial charge in [-0.1, -0.05) is 11.6 Å². The van der Waals surface area contributed by atoms with Crippen LogP contribution >= 0.6 is 11.6 Å². The van der Waals surface area contributed by atoms with E-state index < -0.39 is 0 Å². The van der Waals surface area contributed by atoms with Gasteiger partial charge in [0.25, 0.3) is 5.56 Å². The second kappa shape index (κ2) is 5.81. The first kappa shape index (κ1) is 16.3. The summed E-state index contributed by atoms with van der Waals surface area (Å²) in [5.41, 5.74) is 3.19. The van der Waals surface area contributed by atoms with E-state index in [1.165, 1.54) is 49.5 Å². The van der Waals surface area contributed by atoms with E-state index >= 15 is 0 Å². The molecule has 2 aromatic rings. The van der Waals surface area contributed by atoms with Gasteiger partial charge in [-0.3, -0.25) is 15.0 Å². The third-order valence-electron chi connectivity index (χ3n) is 6.67. The molecule has 6 heteroatoms. The van der Waals surface area contributed by atoms with E-state index in [0.717, 1.165) is 17.8 Å². The predicted molar refractivity (Wildman–Crippen MR) is 101 cm³/mol. The number of halogens is 1. The molecular weight excluding hydrogens is 350 g/mol. The molecule has 0 radical (unpaired) electrons. The fraction of sp³-hybridized carbons (Fsp3) is 0.550. The van der Waals surface area contributed by atoms with Crippen molar-refractivity contribution in [1.82, 2.24) is 9.66 Å². The van der Waals surface area contributed by atoms with E-state index in [0.29, 0.717) is 22.3 Å². The topological polar surface area (TPSA) is 64.0 Å². The number of nitrogens with zero attached hydrogens (tertiary/aromatic N) is 2. The lowest BCUT2D eigenvalue weighted by Gasteiger charge is -2.56. The molecule has 4 aliphatic rings. The van der Waals surface area contributed by atoms with Crippen LogP contribution in [0.3, 0.4) is 0 Å². The summed E-state index contributed by atoms with van der Waals surface area (Å²) in [6, 6.07) is 5.00. The van der Waals surface area contributed by atoms with Gasteiger partial charge in [-0.2, -0.15) is 0 Å². The number of hydrogen-bond acceptors (Lipinski definition) is 3. The number of hydrogen-bond donors (Lipinski definition) is 1. The Morgan fingerprint density at radius 3 is 2.50 bits per heavy atom. The zero-order valence-corrected chi connectivity index (χ0v) is 15.3. The van der Waals surface area contributed by atoms with Gasteiger partial charge in [0, 0.05) is 11.4 Å². The van der Waals surface area contributed by atoms with Gasteiger partial charge in [-0.25, -0.2) is 9.66 Å². The van der Waals surface area contributed by atoms with Crippen molar-refractivity contribution in [3.63, 3.8) is 0 Å². The molecule has 6 rings (SSSR count). The second-order valence-corrected chi connectivity index (χ2v) is 9.15. The largest absolute Gasteiger partial charge is 0.280 e. The fourth-order valence-corrected chi connectivity index (χ4v) is 6.37. The lowest BCUT2D eigenvalue weighted by Crippen LogP contribution is -2.48. The minimum absolute atomic E-state index is 0.0859. The summed E-state index contributed by atoms with van der Waals surface area (Å²) in [5.74, 6) is 2.33. The van der Waals surface area contributed by atoms with Gasteiger partial charge in [0.2, 0.25) is 5.91 Å². The van der Waals surface area contributed by atoms with Crippen molar-refractivity contribution in [3.8, 4) is 0 Å². The highest BCUT2D eigenvalue weighted by Crippen LogP contribution is 2.61. The number of rotatable bonds is 3. The van der Waals surface area contributed by atoms with Crippen LogP contribution in [0.5, 0.6) is 0 Å². The SMILES string of the molecule is O=C(CC12CC3CC(CC(C3)C1)C2)Nn1cnc2ccc(Cl)cc2c1=O. The van der Waals surface area contributed by atoms with Crippen molar-refractivity contribution in [3.05, 3.63) is 39.9 Å². The van der Waals surface area contributed by atoms with Crippen LogP contribution in [0.25, 0.3) is 10.9 Å². The lowest BCUT2D eigenvalue weighted by atomic mass is 9.49. The Morgan fingerprint density at radius 1 is 1.19 bits per heavy atom. The highest BCUT2D eigenvalue weighted by atomic mass is 35.5. The van der Waals surface area contributed by atoms with E-state index in [9.17, 15) is 9.59 Å². The summed E-state index contributed by atoms with van der Waals surface area (Å²) >= 11 is 5.99. The van der Waals surface area contributed by atoms with E-state index in [2.05, 4.69) is 10.4 Å². The molecule has 4 bridgehead atoms. The first-order chi connectivity index (χ1) is 12.5. The number of fused-ring (bicyclic) bond motifs is 1. The maximum Gasteiger partial charge on any atom is 0.280 e.